The number of carbonyl (C=O) groups is 3. The lowest BCUT2D eigenvalue weighted by Crippen LogP contribution is -2.26. The Balaban J connectivity index is 0.000000552. The first kappa shape index (κ1) is 19.1. The summed E-state index contributed by atoms with van der Waals surface area (Å²) >= 11 is 0. The topological polar surface area (TPSA) is 102 Å². The van der Waals surface area contributed by atoms with E-state index in [1.165, 1.54) is 29.4 Å². The van der Waals surface area contributed by atoms with E-state index >= 15 is 0 Å². The number of esters is 1. The molecule has 1 aromatic carbocycles. The Morgan fingerprint density at radius 3 is 2.65 bits per heavy atom. The van der Waals surface area contributed by atoms with Gasteiger partial charge in [-0.1, -0.05) is 0 Å². The van der Waals surface area contributed by atoms with E-state index in [0.29, 0.717) is 11.4 Å². The molecule has 138 valence electrons. The first-order chi connectivity index (χ1) is 12.3. The average molecular weight is 363 g/mol. The quantitative estimate of drug-likeness (QED) is 0.817. The highest BCUT2D eigenvalue weighted by atomic mass is 19.1. The molecule has 0 fully saturated rings. The van der Waals surface area contributed by atoms with Gasteiger partial charge in [0.2, 0.25) is 0 Å². The Morgan fingerprint density at radius 2 is 2.04 bits per heavy atom. The van der Waals surface area contributed by atoms with Crippen LogP contribution in [0.15, 0.2) is 24.5 Å². The minimum absolute atomic E-state index is 0.165. The van der Waals surface area contributed by atoms with Crippen molar-refractivity contribution < 1.29 is 28.6 Å². The summed E-state index contributed by atoms with van der Waals surface area (Å²) < 4.78 is 20.1. The molecule has 9 heteroatoms. The van der Waals surface area contributed by atoms with Crippen LogP contribution in [0.1, 0.15) is 40.4 Å². The molecule has 0 saturated heterocycles. The number of aliphatic carboxylic acids is 1. The molecule has 26 heavy (non-hydrogen) atoms. The summed E-state index contributed by atoms with van der Waals surface area (Å²) in [6.45, 7) is 3.21. The number of amides is 1. The van der Waals surface area contributed by atoms with E-state index in [0.717, 1.165) is 6.92 Å². The van der Waals surface area contributed by atoms with E-state index in [9.17, 15) is 14.0 Å². The fraction of sp³-hybridized carbons (Fsp3) is 0.294. The lowest BCUT2D eigenvalue weighted by Gasteiger charge is -2.14. The second-order valence-electron chi connectivity index (χ2n) is 5.47. The first-order valence-electron chi connectivity index (χ1n) is 7.74. The van der Waals surface area contributed by atoms with Crippen LogP contribution in [-0.2, 0) is 16.1 Å². The monoisotopic (exact) mass is 363 g/mol. The van der Waals surface area contributed by atoms with Crippen LogP contribution in [0.4, 0.5) is 4.39 Å². The van der Waals surface area contributed by atoms with Crippen LogP contribution in [0.5, 0.6) is 0 Å². The van der Waals surface area contributed by atoms with Gasteiger partial charge in [-0.25, -0.2) is 14.2 Å². The largest absolute Gasteiger partial charge is 0.481 e. The normalized spacial score (nSPS) is 12.3. The number of rotatable bonds is 2. The van der Waals surface area contributed by atoms with Crippen molar-refractivity contribution in [2.24, 2.45) is 0 Å². The van der Waals surface area contributed by atoms with E-state index in [1.54, 1.807) is 18.5 Å². The summed E-state index contributed by atoms with van der Waals surface area (Å²) in [5, 5.41) is 7.42. The van der Waals surface area contributed by atoms with Gasteiger partial charge in [0.1, 0.15) is 12.1 Å². The molecule has 1 N–H and O–H groups in total. The van der Waals surface area contributed by atoms with Gasteiger partial charge >= 0.3 is 5.97 Å². The van der Waals surface area contributed by atoms with Crippen LogP contribution in [0, 0.1) is 5.82 Å². The molecular formula is C17H18FN3O5. The summed E-state index contributed by atoms with van der Waals surface area (Å²) in [6.07, 6.45) is 1.45. The fourth-order valence-corrected chi connectivity index (χ4v) is 2.49. The lowest BCUT2D eigenvalue weighted by atomic mass is 10.1. The van der Waals surface area contributed by atoms with Crippen molar-refractivity contribution in [2.45, 2.75) is 20.4 Å². The van der Waals surface area contributed by atoms with Gasteiger partial charge in [0.25, 0.3) is 11.9 Å². The summed E-state index contributed by atoms with van der Waals surface area (Å²) in [4.78, 5) is 38.9. The molecule has 0 spiro atoms. The molecule has 3 rings (SSSR count). The third-order valence-electron chi connectivity index (χ3n) is 3.52. The molecule has 0 saturated carbocycles. The fourth-order valence-electron chi connectivity index (χ4n) is 2.49. The molecule has 0 radical (unpaired) electrons. The van der Waals surface area contributed by atoms with Gasteiger partial charge in [-0.15, -0.1) is 0 Å². The number of benzene rings is 1. The van der Waals surface area contributed by atoms with Crippen molar-refractivity contribution in [3.05, 3.63) is 47.3 Å². The molecule has 1 aliphatic rings. The van der Waals surface area contributed by atoms with Gasteiger partial charge in [-0.2, -0.15) is 0 Å². The highest BCUT2D eigenvalue weighted by molar-refractivity contribution is 5.99. The van der Waals surface area contributed by atoms with Crippen LogP contribution < -0.4 is 0 Å². The number of hydrogen-bond acceptors (Lipinski definition) is 5. The smallest absolute Gasteiger partial charge is 0.358 e. The Morgan fingerprint density at radius 1 is 1.38 bits per heavy atom. The van der Waals surface area contributed by atoms with Crippen molar-refractivity contribution in [3.8, 4) is 5.69 Å². The zero-order chi connectivity index (χ0) is 19.4. The highest BCUT2D eigenvalue weighted by Gasteiger charge is 2.29. The molecule has 0 bridgehead atoms. The third kappa shape index (κ3) is 3.88. The summed E-state index contributed by atoms with van der Waals surface area (Å²) in [5.74, 6) is -2.18. The van der Waals surface area contributed by atoms with Gasteiger partial charge in [-0.3, -0.25) is 14.2 Å². The van der Waals surface area contributed by atoms with Gasteiger partial charge in [0.05, 0.1) is 30.1 Å². The Labute approximate surface area is 148 Å². The van der Waals surface area contributed by atoms with E-state index < -0.39 is 17.8 Å². The number of halogens is 1. The maximum atomic E-state index is 13.5. The number of ether oxygens (including phenoxy) is 1. The van der Waals surface area contributed by atoms with Crippen LogP contribution in [0.25, 0.3) is 5.69 Å². The Kier molecular flexibility index (Phi) is 5.71. The summed E-state index contributed by atoms with van der Waals surface area (Å²) in [6, 6.07) is 3.96. The van der Waals surface area contributed by atoms with Crippen molar-refractivity contribution in [1.82, 2.24) is 14.5 Å². The minimum atomic E-state index is -0.833. The summed E-state index contributed by atoms with van der Waals surface area (Å²) in [7, 11) is 1.59. The van der Waals surface area contributed by atoms with E-state index in [2.05, 4.69) is 4.98 Å². The van der Waals surface area contributed by atoms with E-state index in [-0.39, 0.29) is 30.3 Å². The SMILES string of the molecule is CC(=O)O.CCOC(=O)c1ncn2c1CN(C)C(=O)c1cc(F)ccc1-2. The maximum absolute atomic E-state index is 13.5. The Bertz CT molecular complexity index is 858. The second kappa shape index (κ2) is 7.77. The number of aromatic nitrogens is 2. The molecule has 1 amide bonds. The molecule has 0 unspecified atom stereocenters. The number of fused-ring (bicyclic) bond motifs is 3. The van der Waals surface area contributed by atoms with Gasteiger partial charge in [0.15, 0.2) is 5.69 Å². The van der Waals surface area contributed by atoms with Gasteiger partial charge in [0, 0.05) is 14.0 Å². The van der Waals surface area contributed by atoms with E-state index in [4.69, 9.17) is 14.6 Å². The van der Waals surface area contributed by atoms with Crippen LogP contribution in [0.3, 0.4) is 0 Å². The van der Waals surface area contributed by atoms with E-state index in [1.807, 2.05) is 0 Å². The molecular weight excluding hydrogens is 345 g/mol. The molecule has 0 aliphatic carbocycles. The van der Waals surface area contributed by atoms with Gasteiger partial charge in [-0.05, 0) is 25.1 Å². The van der Waals surface area contributed by atoms with Gasteiger partial charge < -0.3 is 14.7 Å². The van der Waals surface area contributed by atoms with Crippen molar-refractivity contribution in [3.63, 3.8) is 0 Å². The third-order valence-corrected chi connectivity index (χ3v) is 3.52. The van der Waals surface area contributed by atoms with Crippen molar-refractivity contribution >= 4 is 17.8 Å². The zero-order valence-corrected chi connectivity index (χ0v) is 14.5. The number of imidazole rings is 1. The number of carbonyl (C=O) groups excluding carboxylic acids is 2. The number of nitrogens with zero attached hydrogens (tertiary/aromatic N) is 3. The molecule has 1 aliphatic heterocycles. The first-order valence-corrected chi connectivity index (χ1v) is 7.74. The maximum Gasteiger partial charge on any atom is 0.358 e. The molecule has 1 aromatic heterocycles. The molecule has 2 aromatic rings. The molecule has 2 heterocycles. The van der Waals surface area contributed by atoms with Crippen molar-refractivity contribution in [2.75, 3.05) is 13.7 Å². The van der Waals surface area contributed by atoms with Crippen LogP contribution >= 0.6 is 0 Å². The molecule has 8 nitrogen and oxygen atoms in total. The Hall–Kier alpha value is -3.23. The predicted molar refractivity (Wildman–Crippen MR) is 88.6 cm³/mol. The minimum Gasteiger partial charge on any atom is -0.481 e. The number of carboxylic acids is 1. The van der Waals surface area contributed by atoms with Crippen molar-refractivity contribution in [1.29, 1.82) is 0 Å². The highest BCUT2D eigenvalue weighted by Crippen LogP contribution is 2.26. The summed E-state index contributed by atoms with van der Waals surface area (Å²) in [5.41, 5.74) is 1.43. The predicted octanol–water partition coefficient (Wildman–Crippen LogP) is 1.86. The van der Waals surface area contributed by atoms with Crippen LogP contribution in [0.2, 0.25) is 0 Å². The average Bonchev–Trinajstić information content (AvgIpc) is 2.93. The number of carboxylic acid groups (broad SMARTS) is 1. The zero-order valence-electron chi connectivity index (χ0n) is 14.5. The second-order valence-corrected chi connectivity index (χ2v) is 5.47. The number of hydrogen-bond donors (Lipinski definition) is 1. The standard InChI is InChI=1S/C15H14FN3O3.C2H4O2/c1-3-22-15(21)13-12-7-18(2)14(20)10-6-9(16)4-5-11(10)19(12)8-17-13;1-2(3)4/h4-6,8H,3,7H2,1-2H3;1H3,(H,3,4). The lowest BCUT2D eigenvalue weighted by molar-refractivity contribution is -0.134. The molecule has 0 atom stereocenters. The van der Waals surface area contributed by atoms with Crippen LogP contribution in [-0.4, -0.2) is 51.1 Å².